The van der Waals surface area contributed by atoms with Gasteiger partial charge in [0.2, 0.25) is 5.91 Å². The van der Waals surface area contributed by atoms with E-state index >= 15 is 0 Å². The van der Waals surface area contributed by atoms with Crippen LogP contribution in [0.3, 0.4) is 0 Å². The van der Waals surface area contributed by atoms with Crippen LogP contribution < -0.4 is 0 Å². The lowest BCUT2D eigenvalue weighted by Crippen LogP contribution is -2.50. The summed E-state index contributed by atoms with van der Waals surface area (Å²) in [4.78, 5) is 26.1. The van der Waals surface area contributed by atoms with E-state index in [4.69, 9.17) is 16.3 Å². The first-order chi connectivity index (χ1) is 12.0. The van der Waals surface area contributed by atoms with Crippen molar-refractivity contribution in [3.05, 3.63) is 34.9 Å². The number of nitrogens with zero attached hydrogens (tertiary/aromatic N) is 1. The molecule has 0 aromatic heterocycles. The van der Waals surface area contributed by atoms with Gasteiger partial charge in [0.25, 0.3) is 0 Å². The van der Waals surface area contributed by atoms with Gasteiger partial charge in [-0.1, -0.05) is 23.7 Å². The van der Waals surface area contributed by atoms with Gasteiger partial charge in [-0.15, -0.1) is 0 Å². The van der Waals surface area contributed by atoms with E-state index in [2.05, 4.69) is 0 Å². The molecule has 1 atom stereocenters. The van der Waals surface area contributed by atoms with Crippen molar-refractivity contribution in [2.24, 2.45) is 5.41 Å². The minimum atomic E-state index is -0.841. The molecule has 1 aromatic carbocycles. The van der Waals surface area contributed by atoms with Gasteiger partial charge in [0.15, 0.2) is 0 Å². The van der Waals surface area contributed by atoms with Crippen LogP contribution in [0.15, 0.2) is 24.3 Å². The Morgan fingerprint density at radius 3 is 2.68 bits per heavy atom. The predicted octanol–water partition coefficient (Wildman–Crippen LogP) is 3.39. The van der Waals surface area contributed by atoms with Crippen LogP contribution >= 0.6 is 11.6 Å². The molecule has 1 amide bonds. The second-order valence-corrected chi connectivity index (χ2v) is 7.16. The van der Waals surface area contributed by atoms with E-state index in [0.717, 1.165) is 12.0 Å². The highest BCUT2D eigenvalue weighted by molar-refractivity contribution is 6.30. The highest BCUT2D eigenvalue weighted by atomic mass is 35.5. The highest BCUT2D eigenvalue weighted by Crippen LogP contribution is 2.35. The number of likely N-dealkylation sites (tertiary alicyclic amines) is 1. The number of halogens is 1. The van der Waals surface area contributed by atoms with Gasteiger partial charge in [-0.05, 0) is 49.8 Å². The molecule has 5 nitrogen and oxygen atoms in total. The Morgan fingerprint density at radius 2 is 2.04 bits per heavy atom. The van der Waals surface area contributed by atoms with Crippen LogP contribution in [0, 0.1) is 5.41 Å². The SMILES string of the molecule is COCCC[C@]1(C(=O)O)CCCN(C(=O)CCc2ccc(Cl)cc2)C1. The molecule has 25 heavy (non-hydrogen) atoms. The fraction of sp³-hybridized carbons (Fsp3) is 0.579. The number of amides is 1. The molecule has 1 fully saturated rings. The maximum atomic E-state index is 12.6. The van der Waals surface area contributed by atoms with Crippen LogP contribution in [0.25, 0.3) is 0 Å². The van der Waals surface area contributed by atoms with Crippen LogP contribution in [-0.2, 0) is 20.7 Å². The number of rotatable bonds is 8. The smallest absolute Gasteiger partial charge is 0.311 e. The first kappa shape index (κ1) is 19.7. The molecule has 0 unspecified atom stereocenters. The normalized spacial score (nSPS) is 20.5. The van der Waals surface area contributed by atoms with Crippen molar-refractivity contribution >= 4 is 23.5 Å². The van der Waals surface area contributed by atoms with Gasteiger partial charge in [0.1, 0.15) is 0 Å². The van der Waals surface area contributed by atoms with Crippen LogP contribution in [-0.4, -0.2) is 48.7 Å². The Balaban J connectivity index is 1.94. The number of benzene rings is 1. The Labute approximate surface area is 153 Å². The van der Waals surface area contributed by atoms with Gasteiger partial charge in [-0.2, -0.15) is 0 Å². The fourth-order valence-corrected chi connectivity index (χ4v) is 3.57. The van der Waals surface area contributed by atoms with Crippen molar-refractivity contribution in [3.63, 3.8) is 0 Å². The van der Waals surface area contributed by atoms with E-state index in [9.17, 15) is 14.7 Å². The third kappa shape index (κ3) is 5.44. The third-order valence-corrected chi connectivity index (χ3v) is 5.18. The molecule has 0 spiro atoms. The summed E-state index contributed by atoms with van der Waals surface area (Å²) in [6.07, 6.45) is 3.59. The maximum Gasteiger partial charge on any atom is 0.311 e. The van der Waals surface area contributed by atoms with Crippen molar-refractivity contribution in [3.8, 4) is 0 Å². The topological polar surface area (TPSA) is 66.8 Å². The van der Waals surface area contributed by atoms with Crippen molar-refractivity contribution in [2.45, 2.75) is 38.5 Å². The Bertz CT molecular complexity index is 590. The van der Waals surface area contributed by atoms with E-state index < -0.39 is 11.4 Å². The number of aryl methyl sites for hydroxylation is 1. The number of hydrogen-bond donors (Lipinski definition) is 1. The average molecular weight is 368 g/mol. The highest BCUT2D eigenvalue weighted by Gasteiger charge is 2.42. The zero-order chi connectivity index (χ0) is 18.3. The van der Waals surface area contributed by atoms with Crippen LogP contribution in [0.1, 0.15) is 37.7 Å². The lowest BCUT2D eigenvalue weighted by atomic mass is 9.76. The number of carboxylic acid groups (broad SMARTS) is 1. The number of piperidine rings is 1. The summed E-state index contributed by atoms with van der Waals surface area (Å²) in [5.41, 5.74) is 0.214. The molecule has 0 aliphatic carbocycles. The second-order valence-electron chi connectivity index (χ2n) is 6.73. The minimum absolute atomic E-state index is 0.0204. The van der Waals surface area contributed by atoms with Gasteiger partial charge in [0, 0.05) is 38.2 Å². The molecule has 138 valence electrons. The average Bonchev–Trinajstić information content (AvgIpc) is 2.61. The van der Waals surface area contributed by atoms with E-state index in [1.165, 1.54) is 0 Å². The van der Waals surface area contributed by atoms with Crippen molar-refractivity contribution in [2.75, 3.05) is 26.8 Å². The molecule has 6 heteroatoms. The van der Waals surface area contributed by atoms with Crippen molar-refractivity contribution in [1.82, 2.24) is 4.90 Å². The predicted molar refractivity (Wildman–Crippen MR) is 96.8 cm³/mol. The molecule has 2 rings (SSSR count). The van der Waals surface area contributed by atoms with Gasteiger partial charge in [-0.25, -0.2) is 0 Å². The summed E-state index contributed by atoms with van der Waals surface area (Å²) in [7, 11) is 1.61. The summed E-state index contributed by atoms with van der Waals surface area (Å²) >= 11 is 5.87. The Morgan fingerprint density at radius 1 is 1.32 bits per heavy atom. The quantitative estimate of drug-likeness (QED) is 0.715. The van der Waals surface area contributed by atoms with Gasteiger partial charge in [0.05, 0.1) is 5.41 Å². The molecule has 1 heterocycles. The van der Waals surface area contributed by atoms with Crippen molar-refractivity contribution < 1.29 is 19.4 Å². The summed E-state index contributed by atoms with van der Waals surface area (Å²) in [6.45, 7) is 1.48. The molecule has 1 aromatic rings. The molecular weight excluding hydrogens is 342 g/mol. The van der Waals surface area contributed by atoms with Crippen LogP contribution in [0.2, 0.25) is 5.02 Å². The first-order valence-electron chi connectivity index (χ1n) is 8.71. The van der Waals surface area contributed by atoms with Gasteiger partial charge >= 0.3 is 5.97 Å². The molecule has 0 bridgehead atoms. The Kier molecular flexibility index (Phi) is 7.26. The summed E-state index contributed by atoms with van der Waals surface area (Å²) in [5, 5.41) is 10.4. The van der Waals surface area contributed by atoms with E-state index in [0.29, 0.717) is 56.8 Å². The monoisotopic (exact) mass is 367 g/mol. The van der Waals surface area contributed by atoms with Crippen LogP contribution in [0.4, 0.5) is 0 Å². The molecule has 1 saturated heterocycles. The number of methoxy groups -OCH3 is 1. The zero-order valence-electron chi connectivity index (χ0n) is 14.7. The first-order valence-corrected chi connectivity index (χ1v) is 9.09. The van der Waals surface area contributed by atoms with Gasteiger partial charge in [-0.3, -0.25) is 9.59 Å². The summed E-state index contributed by atoms with van der Waals surface area (Å²) in [6, 6.07) is 7.46. The molecule has 1 aliphatic rings. The molecule has 1 N–H and O–H groups in total. The standard InChI is InChI=1S/C19H26ClNO4/c1-25-13-3-11-19(18(23)24)10-2-12-21(14-19)17(22)9-6-15-4-7-16(20)8-5-15/h4-5,7-8H,2-3,6,9-14H2,1H3,(H,23,24)/t19-/m1/s1. The van der Waals surface area contributed by atoms with Gasteiger partial charge < -0.3 is 14.7 Å². The van der Waals surface area contributed by atoms with Crippen LogP contribution in [0.5, 0.6) is 0 Å². The summed E-state index contributed by atoms with van der Waals surface area (Å²) < 4.78 is 5.04. The Hall–Kier alpha value is -1.59. The van der Waals surface area contributed by atoms with E-state index in [1.54, 1.807) is 12.0 Å². The fourth-order valence-electron chi connectivity index (χ4n) is 3.45. The number of ether oxygens (including phenoxy) is 1. The largest absolute Gasteiger partial charge is 0.481 e. The lowest BCUT2D eigenvalue weighted by Gasteiger charge is -2.40. The number of carbonyl (C=O) groups excluding carboxylic acids is 1. The lowest BCUT2D eigenvalue weighted by molar-refractivity contribution is -0.155. The number of carbonyl (C=O) groups is 2. The third-order valence-electron chi connectivity index (χ3n) is 4.93. The molecule has 0 radical (unpaired) electrons. The zero-order valence-corrected chi connectivity index (χ0v) is 15.4. The number of carboxylic acids is 1. The molecule has 1 aliphatic heterocycles. The van der Waals surface area contributed by atoms with Crippen molar-refractivity contribution in [1.29, 1.82) is 0 Å². The molecular formula is C19H26ClNO4. The summed E-state index contributed by atoms with van der Waals surface area (Å²) in [5.74, 6) is -0.786. The minimum Gasteiger partial charge on any atom is -0.481 e. The molecule has 0 saturated carbocycles. The second kappa shape index (κ2) is 9.20. The van der Waals surface area contributed by atoms with E-state index in [-0.39, 0.29) is 5.91 Å². The maximum absolute atomic E-state index is 12.6. The number of aliphatic carboxylic acids is 1. The number of hydrogen-bond acceptors (Lipinski definition) is 3. The van der Waals surface area contributed by atoms with E-state index in [1.807, 2.05) is 24.3 Å².